The van der Waals surface area contributed by atoms with Gasteiger partial charge in [-0.25, -0.2) is 14.4 Å². The number of imidazole rings is 1. The van der Waals surface area contributed by atoms with Crippen LogP contribution in [0.25, 0.3) is 16.9 Å². The number of nitrogens with zero attached hydrogens (tertiary/aromatic N) is 3. The topological polar surface area (TPSA) is 30.7 Å². The molecule has 0 amide bonds. The summed E-state index contributed by atoms with van der Waals surface area (Å²) < 4.78 is 16.1. The van der Waals surface area contributed by atoms with Gasteiger partial charge in [-0.15, -0.1) is 0 Å². The van der Waals surface area contributed by atoms with Gasteiger partial charge in [0.05, 0.1) is 5.69 Å². The molecule has 0 radical (unpaired) electrons. The van der Waals surface area contributed by atoms with Crippen molar-refractivity contribution in [2.24, 2.45) is 0 Å². The van der Waals surface area contributed by atoms with Gasteiger partial charge in [-0.3, -0.25) is 4.57 Å². The van der Waals surface area contributed by atoms with E-state index in [9.17, 15) is 4.39 Å². The number of hydrogen-bond donors (Lipinski definition) is 0. The maximum absolute atomic E-state index is 14.3. The minimum absolute atomic E-state index is 0.285. The van der Waals surface area contributed by atoms with Crippen LogP contribution in [0.15, 0.2) is 72.9 Å². The summed E-state index contributed by atoms with van der Waals surface area (Å²) >= 11 is 0. The van der Waals surface area contributed by atoms with E-state index in [0.29, 0.717) is 17.8 Å². The summed E-state index contributed by atoms with van der Waals surface area (Å²) in [5.74, 6) is 0.488. The van der Waals surface area contributed by atoms with Crippen LogP contribution in [0.1, 0.15) is 11.4 Å². The second kappa shape index (κ2) is 5.65. The molecule has 0 spiro atoms. The minimum atomic E-state index is -0.285. The summed E-state index contributed by atoms with van der Waals surface area (Å²) in [4.78, 5) is 9.05. The number of fused-ring (bicyclic) bond motifs is 1. The highest BCUT2D eigenvalue weighted by atomic mass is 19.1. The van der Waals surface area contributed by atoms with Gasteiger partial charge in [-0.1, -0.05) is 42.5 Å². The average molecular weight is 303 g/mol. The van der Waals surface area contributed by atoms with Crippen molar-refractivity contribution in [2.75, 3.05) is 0 Å². The van der Waals surface area contributed by atoms with Crippen LogP contribution >= 0.6 is 0 Å². The lowest BCUT2D eigenvalue weighted by Gasteiger charge is -2.09. The van der Waals surface area contributed by atoms with Gasteiger partial charge in [-0.05, 0) is 29.8 Å². The molecule has 112 valence electrons. The standard InChI is InChI=1S/C19H14FN3/c20-15-9-4-5-11-17(15)23-18(13-14-7-2-1-3-8-14)22-16-10-6-12-21-19(16)23/h1-12H,13H2. The summed E-state index contributed by atoms with van der Waals surface area (Å²) in [5.41, 5.74) is 3.03. The Balaban J connectivity index is 1.94. The first-order valence-electron chi connectivity index (χ1n) is 7.44. The molecule has 2 aromatic carbocycles. The van der Waals surface area contributed by atoms with Crippen molar-refractivity contribution in [3.05, 3.63) is 90.1 Å². The lowest BCUT2D eigenvalue weighted by Crippen LogP contribution is -2.05. The van der Waals surface area contributed by atoms with E-state index in [2.05, 4.69) is 9.97 Å². The summed E-state index contributed by atoms with van der Waals surface area (Å²) in [6.07, 6.45) is 2.32. The highest BCUT2D eigenvalue weighted by Gasteiger charge is 2.16. The molecule has 0 bridgehead atoms. The van der Waals surface area contributed by atoms with Gasteiger partial charge in [0, 0.05) is 12.6 Å². The molecule has 0 aliphatic heterocycles. The number of rotatable bonds is 3. The first-order chi connectivity index (χ1) is 11.3. The molecule has 2 heterocycles. The summed E-state index contributed by atoms with van der Waals surface area (Å²) in [6.45, 7) is 0. The molecule has 4 aromatic rings. The summed E-state index contributed by atoms with van der Waals surface area (Å²) in [6, 6.07) is 20.5. The van der Waals surface area contributed by atoms with E-state index < -0.39 is 0 Å². The molecule has 0 unspecified atom stereocenters. The Kier molecular flexibility index (Phi) is 3.35. The number of halogens is 1. The van der Waals surface area contributed by atoms with Crippen LogP contribution in [-0.2, 0) is 6.42 Å². The predicted octanol–water partition coefficient (Wildman–Crippen LogP) is 4.15. The molecule has 0 atom stereocenters. The van der Waals surface area contributed by atoms with Gasteiger partial charge in [0.1, 0.15) is 17.2 Å². The molecule has 2 aromatic heterocycles. The van der Waals surface area contributed by atoms with Crippen molar-refractivity contribution in [1.29, 1.82) is 0 Å². The SMILES string of the molecule is Fc1ccccc1-n1c(Cc2ccccc2)nc2cccnc21. The number of para-hydroxylation sites is 1. The molecule has 0 saturated carbocycles. The quantitative estimate of drug-likeness (QED) is 0.569. The molecule has 3 nitrogen and oxygen atoms in total. The monoisotopic (exact) mass is 303 g/mol. The van der Waals surface area contributed by atoms with E-state index >= 15 is 0 Å². The van der Waals surface area contributed by atoms with Crippen molar-refractivity contribution in [2.45, 2.75) is 6.42 Å². The van der Waals surface area contributed by atoms with Crippen molar-refractivity contribution in [3.63, 3.8) is 0 Å². The van der Waals surface area contributed by atoms with Crippen LogP contribution < -0.4 is 0 Å². The van der Waals surface area contributed by atoms with Crippen LogP contribution in [-0.4, -0.2) is 14.5 Å². The molecule has 0 fully saturated rings. The lowest BCUT2D eigenvalue weighted by molar-refractivity contribution is 0.617. The molecule has 4 rings (SSSR count). The van der Waals surface area contributed by atoms with Gasteiger partial charge >= 0.3 is 0 Å². The first kappa shape index (κ1) is 13.6. The van der Waals surface area contributed by atoms with Crippen molar-refractivity contribution < 1.29 is 4.39 Å². The summed E-state index contributed by atoms with van der Waals surface area (Å²) in [7, 11) is 0. The fourth-order valence-corrected chi connectivity index (χ4v) is 2.74. The molecule has 0 aliphatic rings. The Labute approximate surface area is 133 Å². The maximum atomic E-state index is 14.3. The van der Waals surface area contributed by atoms with Crippen LogP contribution in [0.2, 0.25) is 0 Å². The Bertz CT molecular complexity index is 961. The Morgan fingerprint density at radius 3 is 2.48 bits per heavy atom. The van der Waals surface area contributed by atoms with Crippen LogP contribution in [0, 0.1) is 5.82 Å². The van der Waals surface area contributed by atoms with Crippen molar-refractivity contribution in [1.82, 2.24) is 14.5 Å². The third-order valence-corrected chi connectivity index (χ3v) is 3.78. The second-order valence-corrected chi connectivity index (χ2v) is 5.32. The largest absolute Gasteiger partial charge is 0.277 e. The molecule has 0 aliphatic carbocycles. The van der Waals surface area contributed by atoms with Crippen LogP contribution in [0.5, 0.6) is 0 Å². The zero-order chi connectivity index (χ0) is 15.6. The fraction of sp³-hybridized carbons (Fsp3) is 0.0526. The van der Waals surface area contributed by atoms with E-state index in [-0.39, 0.29) is 5.82 Å². The molecular weight excluding hydrogens is 289 g/mol. The van der Waals surface area contributed by atoms with E-state index in [0.717, 1.165) is 16.9 Å². The molecule has 0 saturated heterocycles. The van der Waals surface area contributed by atoms with Gasteiger partial charge < -0.3 is 0 Å². The lowest BCUT2D eigenvalue weighted by atomic mass is 10.1. The number of hydrogen-bond acceptors (Lipinski definition) is 2. The van der Waals surface area contributed by atoms with Gasteiger partial charge in [-0.2, -0.15) is 0 Å². The molecule has 4 heteroatoms. The van der Waals surface area contributed by atoms with Gasteiger partial charge in [0.25, 0.3) is 0 Å². The van der Waals surface area contributed by atoms with Gasteiger partial charge in [0.15, 0.2) is 5.65 Å². The Morgan fingerprint density at radius 2 is 1.65 bits per heavy atom. The number of benzene rings is 2. The number of pyridine rings is 1. The molecule has 0 N–H and O–H groups in total. The highest BCUT2D eigenvalue weighted by Crippen LogP contribution is 2.23. The summed E-state index contributed by atoms with van der Waals surface area (Å²) in [5, 5.41) is 0. The molecular formula is C19H14FN3. The Morgan fingerprint density at radius 1 is 0.870 bits per heavy atom. The molecule has 23 heavy (non-hydrogen) atoms. The average Bonchev–Trinajstić information content (AvgIpc) is 2.94. The fourth-order valence-electron chi connectivity index (χ4n) is 2.74. The van der Waals surface area contributed by atoms with E-state index in [1.807, 2.05) is 48.5 Å². The second-order valence-electron chi connectivity index (χ2n) is 5.32. The van der Waals surface area contributed by atoms with E-state index in [4.69, 9.17) is 0 Å². The van der Waals surface area contributed by atoms with Crippen molar-refractivity contribution >= 4 is 11.2 Å². The highest BCUT2D eigenvalue weighted by molar-refractivity contribution is 5.74. The van der Waals surface area contributed by atoms with E-state index in [1.54, 1.807) is 22.9 Å². The smallest absolute Gasteiger partial charge is 0.164 e. The van der Waals surface area contributed by atoms with Crippen LogP contribution in [0.4, 0.5) is 4.39 Å². The van der Waals surface area contributed by atoms with E-state index in [1.165, 1.54) is 6.07 Å². The zero-order valence-corrected chi connectivity index (χ0v) is 12.4. The van der Waals surface area contributed by atoms with Gasteiger partial charge in [0.2, 0.25) is 0 Å². The third-order valence-electron chi connectivity index (χ3n) is 3.78. The normalized spacial score (nSPS) is 11.0. The Hall–Kier alpha value is -3.01. The predicted molar refractivity (Wildman–Crippen MR) is 88.1 cm³/mol. The third kappa shape index (κ3) is 2.48. The minimum Gasteiger partial charge on any atom is -0.277 e. The zero-order valence-electron chi connectivity index (χ0n) is 12.4. The van der Waals surface area contributed by atoms with Crippen LogP contribution in [0.3, 0.4) is 0 Å². The first-order valence-corrected chi connectivity index (χ1v) is 7.44. The van der Waals surface area contributed by atoms with Crippen molar-refractivity contribution in [3.8, 4) is 5.69 Å². The maximum Gasteiger partial charge on any atom is 0.164 e. The number of aromatic nitrogens is 3.